The van der Waals surface area contributed by atoms with E-state index >= 15 is 0 Å². The lowest BCUT2D eigenvalue weighted by Gasteiger charge is -2.35. The molecule has 2 aliphatic rings. The third-order valence-electron chi connectivity index (χ3n) is 5.25. The summed E-state index contributed by atoms with van der Waals surface area (Å²) in [7, 11) is 0. The number of likely N-dealkylation sites (tertiary alicyclic amines) is 1. The Labute approximate surface area is 167 Å². The number of rotatable bonds is 7. The van der Waals surface area contributed by atoms with Gasteiger partial charge in [-0.15, -0.1) is 0 Å². The van der Waals surface area contributed by atoms with Gasteiger partial charge >= 0.3 is 0 Å². The van der Waals surface area contributed by atoms with Crippen LogP contribution in [0.15, 0.2) is 24.3 Å². The van der Waals surface area contributed by atoms with Gasteiger partial charge in [0, 0.05) is 19.0 Å². The van der Waals surface area contributed by atoms with Crippen LogP contribution in [0.2, 0.25) is 0 Å². The Hall–Kier alpha value is -2.12. The van der Waals surface area contributed by atoms with Gasteiger partial charge in [-0.05, 0) is 44.5 Å². The summed E-state index contributed by atoms with van der Waals surface area (Å²) in [6.07, 6.45) is 2.53. The van der Waals surface area contributed by atoms with Crippen molar-refractivity contribution in [2.24, 2.45) is 5.92 Å². The van der Waals surface area contributed by atoms with Gasteiger partial charge in [0.1, 0.15) is 5.75 Å². The van der Waals surface area contributed by atoms with Crippen molar-refractivity contribution in [2.75, 3.05) is 57.9 Å². The fraction of sp³-hybridized carbons (Fsp3) is 0.619. The highest BCUT2D eigenvalue weighted by atomic mass is 16.5. The van der Waals surface area contributed by atoms with Gasteiger partial charge in [-0.1, -0.05) is 19.1 Å². The van der Waals surface area contributed by atoms with Crippen LogP contribution in [-0.4, -0.2) is 74.2 Å². The zero-order valence-corrected chi connectivity index (χ0v) is 16.7. The van der Waals surface area contributed by atoms with Crippen molar-refractivity contribution in [3.63, 3.8) is 0 Å². The smallest absolute Gasteiger partial charge is 0.238 e. The molecule has 2 heterocycles. The van der Waals surface area contributed by atoms with Gasteiger partial charge in [-0.2, -0.15) is 0 Å². The summed E-state index contributed by atoms with van der Waals surface area (Å²) in [4.78, 5) is 29.1. The molecule has 1 aromatic rings. The minimum atomic E-state index is -0.0505. The second-order valence-corrected chi connectivity index (χ2v) is 7.38. The van der Waals surface area contributed by atoms with Gasteiger partial charge in [0.25, 0.3) is 0 Å². The predicted octanol–water partition coefficient (Wildman–Crippen LogP) is 1.98. The number of carbonyl (C=O) groups excluding carboxylic acids is 2. The number of hydrogen-bond donors (Lipinski definition) is 1. The summed E-state index contributed by atoms with van der Waals surface area (Å²) in [5.41, 5.74) is 0.707. The zero-order chi connectivity index (χ0) is 19.8. The van der Waals surface area contributed by atoms with E-state index in [0.29, 0.717) is 50.9 Å². The third-order valence-corrected chi connectivity index (χ3v) is 5.25. The van der Waals surface area contributed by atoms with Crippen LogP contribution in [0.5, 0.6) is 5.75 Å². The van der Waals surface area contributed by atoms with E-state index in [4.69, 9.17) is 9.47 Å². The molecule has 0 bridgehead atoms. The molecule has 2 aliphatic heterocycles. The summed E-state index contributed by atoms with van der Waals surface area (Å²) in [5.74, 6) is 0.966. The molecular weight excluding hydrogens is 358 g/mol. The zero-order valence-electron chi connectivity index (χ0n) is 16.7. The molecule has 7 nitrogen and oxygen atoms in total. The molecule has 154 valence electrons. The quantitative estimate of drug-likeness (QED) is 0.772. The molecule has 0 spiro atoms. The normalized spacial score (nSPS) is 18.7. The lowest BCUT2D eigenvalue weighted by Crippen LogP contribution is -2.47. The van der Waals surface area contributed by atoms with E-state index in [1.807, 2.05) is 29.2 Å². The summed E-state index contributed by atoms with van der Waals surface area (Å²) in [5, 5.41) is 2.96. The Morgan fingerprint density at radius 1 is 1.14 bits per heavy atom. The van der Waals surface area contributed by atoms with Crippen molar-refractivity contribution in [3.05, 3.63) is 24.3 Å². The molecule has 0 saturated carbocycles. The largest absolute Gasteiger partial charge is 0.491 e. The monoisotopic (exact) mass is 389 g/mol. The van der Waals surface area contributed by atoms with Gasteiger partial charge in [-0.3, -0.25) is 14.5 Å². The highest BCUT2D eigenvalue weighted by Crippen LogP contribution is 2.24. The maximum atomic E-state index is 12.6. The highest BCUT2D eigenvalue weighted by molar-refractivity contribution is 5.93. The van der Waals surface area contributed by atoms with E-state index in [2.05, 4.69) is 17.1 Å². The molecule has 0 atom stereocenters. The van der Waals surface area contributed by atoms with Gasteiger partial charge in [0.05, 0.1) is 32.1 Å². The molecule has 0 aromatic heterocycles. The van der Waals surface area contributed by atoms with E-state index in [1.165, 1.54) is 0 Å². The van der Waals surface area contributed by atoms with Crippen LogP contribution in [0.3, 0.4) is 0 Å². The Morgan fingerprint density at radius 2 is 1.86 bits per heavy atom. The van der Waals surface area contributed by atoms with Gasteiger partial charge in [0.15, 0.2) is 0 Å². The first-order valence-electron chi connectivity index (χ1n) is 10.3. The molecule has 1 aromatic carbocycles. The maximum Gasteiger partial charge on any atom is 0.238 e. The van der Waals surface area contributed by atoms with Crippen molar-refractivity contribution in [2.45, 2.75) is 26.2 Å². The molecule has 3 rings (SSSR count). The van der Waals surface area contributed by atoms with E-state index in [-0.39, 0.29) is 17.7 Å². The Balaban J connectivity index is 1.44. The molecule has 2 fully saturated rings. The number of nitrogens with one attached hydrogen (secondary N) is 1. The first kappa shape index (κ1) is 20.6. The number of nitrogens with zero attached hydrogens (tertiary/aromatic N) is 2. The van der Waals surface area contributed by atoms with Gasteiger partial charge in [0.2, 0.25) is 11.8 Å². The SMILES string of the molecule is CCCOc1ccccc1NC(=O)CN1CCC(C(=O)N2CCOCC2)CC1. The van der Waals surface area contributed by atoms with E-state index in [9.17, 15) is 9.59 Å². The van der Waals surface area contributed by atoms with Crippen molar-refractivity contribution >= 4 is 17.5 Å². The number of morpholine rings is 1. The van der Waals surface area contributed by atoms with Crippen LogP contribution < -0.4 is 10.1 Å². The fourth-order valence-electron chi connectivity index (χ4n) is 3.68. The Morgan fingerprint density at radius 3 is 2.57 bits per heavy atom. The average molecular weight is 389 g/mol. The summed E-state index contributed by atoms with van der Waals surface area (Å²) in [6.45, 7) is 7.20. The molecule has 28 heavy (non-hydrogen) atoms. The average Bonchev–Trinajstić information content (AvgIpc) is 2.74. The summed E-state index contributed by atoms with van der Waals surface area (Å²) in [6, 6.07) is 7.51. The highest BCUT2D eigenvalue weighted by Gasteiger charge is 2.29. The molecule has 2 saturated heterocycles. The molecule has 1 N–H and O–H groups in total. The number of amides is 2. The van der Waals surface area contributed by atoms with Crippen molar-refractivity contribution < 1.29 is 19.1 Å². The lowest BCUT2D eigenvalue weighted by molar-refractivity contribution is -0.141. The van der Waals surface area contributed by atoms with E-state index in [0.717, 1.165) is 32.4 Å². The number of ether oxygens (including phenoxy) is 2. The molecule has 7 heteroatoms. The number of carbonyl (C=O) groups is 2. The van der Waals surface area contributed by atoms with Crippen molar-refractivity contribution in [1.29, 1.82) is 0 Å². The number of para-hydroxylation sites is 2. The molecule has 0 unspecified atom stereocenters. The number of anilines is 1. The van der Waals surface area contributed by atoms with Crippen molar-refractivity contribution in [1.82, 2.24) is 9.80 Å². The predicted molar refractivity (Wildman–Crippen MR) is 107 cm³/mol. The Bertz CT molecular complexity index is 653. The third kappa shape index (κ3) is 5.69. The Kier molecular flexibility index (Phi) is 7.68. The van der Waals surface area contributed by atoms with E-state index < -0.39 is 0 Å². The molecule has 0 radical (unpaired) electrons. The second-order valence-electron chi connectivity index (χ2n) is 7.38. The van der Waals surface area contributed by atoms with Crippen LogP contribution in [-0.2, 0) is 14.3 Å². The van der Waals surface area contributed by atoms with Crippen LogP contribution in [0.4, 0.5) is 5.69 Å². The maximum absolute atomic E-state index is 12.6. The lowest BCUT2D eigenvalue weighted by atomic mass is 9.95. The fourth-order valence-corrected chi connectivity index (χ4v) is 3.68. The van der Waals surface area contributed by atoms with Crippen LogP contribution >= 0.6 is 0 Å². The van der Waals surface area contributed by atoms with Crippen LogP contribution in [0.1, 0.15) is 26.2 Å². The van der Waals surface area contributed by atoms with Crippen molar-refractivity contribution in [3.8, 4) is 5.75 Å². The number of piperidine rings is 1. The van der Waals surface area contributed by atoms with E-state index in [1.54, 1.807) is 0 Å². The number of hydrogen-bond acceptors (Lipinski definition) is 5. The molecule has 0 aliphatic carbocycles. The first-order chi connectivity index (χ1) is 13.7. The summed E-state index contributed by atoms with van der Waals surface area (Å²) < 4.78 is 11.0. The number of benzene rings is 1. The first-order valence-corrected chi connectivity index (χ1v) is 10.3. The van der Waals surface area contributed by atoms with Crippen LogP contribution in [0, 0.1) is 5.92 Å². The standard InChI is InChI=1S/C21H31N3O4/c1-2-13-28-19-6-4-3-5-18(19)22-20(25)16-23-9-7-17(8-10-23)21(26)24-11-14-27-15-12-24/h3-6,17H,2,7-16H2,1H3,(H,22,25). The van der Waals surface area contributed by atoms with Crippen LogP contribution in [0.25, 0.3) is 0 Å². The van der Waals surface area contributed by atoms with Gasteiger partial charge < -0.3 is 19.7 Å². The minimum absolute atomic E-state index is 0.0505. The summed E-state index contributed by atoms with van der Waals surface area (Å²) >= 11 is 0. The topological polar surface area (TPSA) is 71.1 Å². The second kappa shape index (κ2) is 10.4. The minimum Gasteiger partial charge on any atom is -0.491 e. The molecule has 2 amide bonds. The molecular formula is C21H31N3O4. The van der Waals surface area contributed by atoms with Gasteiger partial charge in [-0.25, -0.2) is 0 Å².